The van der Waals surface area contributed by atoms with Crippen LogP contribution in [0.4, 0.5) is 10.1 Å². The van der Waals surface area contributed by atoms with Crippen molar-refractivity contribution in [1.29, 1.82) is 5.26 Å². The first-order valence-corrected chi connectivity index (χ1v) is 15.9. The second kappa shape index (κ2) is 10.8. The minimum Gasteiger partial charge on any atom is -0.468 e. The Morgan fingerprint density at radius 2 is 1.98 bits per heavy atom. The van der Waals surface area contributed by atoms with Crippen molar-refractivity contribution >= 4 is 39.1 Å². The van der Waals surface area contributed by atoms with E-state index in [1.54, 1.807) is 18.9 Å². The van der Waals surface area contributed by atoms with E-state index in [-0.39, 0.29) is 12.6 Å². The summed E-state index contributed by atoms with van der Waals surface area (Å²) in [6.07, 6.45) is 8.83. The summed E-state index contributed by atoms with van der Waals surface area (Å²) < 4.78 is 28.2. The molecule has 2 unspecified atom stereocenters. The second-order valence-electron chi connectivity index (χ2n) is 11.6. The van der Waals surface area contributed by atoms with E-state index in [2.05, 4.69) is 17.0 Å². The predicted molar refractivity (Wildman–Crippen MR) is 163 cm³/mol. The molecule has 0 radical (unpaired) electrons. The molecule has 2 bridgehead atoms. The zero-order chi connectivity index (χ0) is 28.1. The van der Waals surface area contributed by atoms with E-state index in [0.29, 0.717) is 35.7 Å². The summed E-state index contributed by atoms with van der Waals surface area (Å²) in [6, 6.07) is 16.8. The van der Waals surface area contributed by atoms with Crippen molar-refractivity contribution in [1.82, 2.24) is 4.98 Å². The molecule has 3 aromatic carbocycles. The van der Waals surface area contributed by atoms with E-state index in [9.17, 15) is 5.26 Å². The maximum atomic E-state index is 17.2. The fourth-order valence-corrected chi connectivity index (χ4v) is 8.35. The highest BCUT2D eigenvalue weighted by atomic mass is 32.2. The molecule has 2 atom stereocenters. The highest BCUT2D eigenvalue weighted by molar-refractivity contribution is 7.98. The predicted octanol–water partition coefficient (Wildman–Crippen LogP) is 7.91. The molecule has 210 valence electrons. The van der Waals surface area contributed by atoms with Crippen molar-refractivity contribution in [2.45, 2.75) is 56.0 Å². The molecule has 4 aliphatic rings. The third kappa shape index (κ3) is 4.35. The van der Waals surface area contributed by atoms with Crippen molar-refractivity contribution in [2.75, 3.05) is 31.6 Å². The first-order valence-electron chi connectivity index (χ1n) is 14.6. The number of anilines is 1. The van der Waals surface area contributed by atoms with Gasteiger partial charge in [0, 0.05) is 42.6 Å². The van der Waals surface area contributed by atoms with Crippen molar-refractivity contribution in [3.05, 3.63) is 59.4 Å². The van der Waals surface area contributed by atoms with Gasteiger partial charge in [0.25, 0.3) is 0 Å². The summed E-state index contributed by atoms with van der Waals surface area (Å²) in [4.78, 5) is 7.62. The highest BCUT2D eigenvalue weighted by Crippen LogP contribution is 2.55. The summed E-state index contributed by atoms with van der Waals surface area (Å²) in [5.74, 6) is 1.79. The molecular formula is C34H34FN3O2S. The number of aromatic nitrogens is 1. The second-order valence-corrected chi connectivity index (χ2v) is 12.4. The SMILES string of the molecule is COCOc1cc(-c2c(CCC#N)cc3c4c(c(SC)nc3c2F)CCCN4C2C3CCC2C3)c2ccccc2c1. The number of nitriles is 1. The van der Waals surface area contributed by atoms with Gasteiger partial charge in [-0.25, -0.2) is 9.37 Å². The molecule has 0 N–H and O–H groups in total. The number of thioether (sulfide) groups is 1. The summed E-state index contributed by atoms with van der Waals surface area (Å²) >= 11 is 1.62. The number of methoxy groups -OCH3 is 1. The number of hydrogen-bond donors (Lipinski definition) is 0. The molecule has 3 aliphatic carbocycles. The van der Waals surface area contributed by atoms with Gasteiger partial charge in [-0.3, -0.25) is 0 Å². The highest BCUT2D eigenvalue weighted by Gasteiger charge is 2.50. The lowest BCUT2D eigenvalue weighted by molar-refractivity contribution is 0.0512. The maximum absolute atomic E-state index is 17.2. The molecule has 3 fully saturated rings. The lowest BCUT2D eigenvalue weighted by Gasteiger charge is -2.48. The van der Waals surface area contributed by atoms with Crippen LogP contribution in [0.15, 0.2) is 47.5 Å². The number of ether oxygens (including phenoxy) is 2. The summed E-state index contributed by atoms with van der Waals surface area (Å²) in [7, 11) is 1.58. The zero-order valence-electron chi connectivity index (χ0n) is 23.6. The molecule has 8 rings (SSSR count). The molecule has 0 amide bonds. The summed E-state index contributed by atoms with van der Waals surface area (Å²) in [5, 5.41) is 13.3. The van der Waals surface area contributed by atoms with E-state index in [0.717, 1.165) is 63.5 Å². The Morgan fingerprint density at radius 1 is 1.15 bits per heavy atom. The third-order valence-corrected chi connectivity index (χ3v) is 10.2. The van der Waals surface area contributed by atoms with Crippen LogP contribution in [-0.4, -0.2) is 37.7 Å². The Labute approximate surface area is 244 Å². The maximum Gasteiger partial charge on any atom is 0.188 e. The Kier molecular flexibility index (Phi) is 7.00. The summed E-state index contributed by atoms with van der Waals surface area (Å²) in [6.45, 7) is 1.11. The lowest BCUT2D eigenvalue weighted by atomic mass is 9.76. The molecule has 0 saturated heterocycles. The van der Waals surface area contributed by atoms with Gasteiger partial charge in [-0.2, -0.15) is 5.26 Å². The van der Waals surface area contributed by atoms with E-state index in [4.69, 9.17) is 14.5 Å². The molecule has 41 heavy (non-hydrogen) atoms. The van der Waals surface area contributed by atoms with E-state index < -0.39 is 0 Å². The first-order chi connectivity index (χ1) is 20.1. The van der Waals surface area contributed by atoms with Gasteiger partial charge in [0.1, 0.15) is 16.3 Å². The molecule has 7 heteroatoms. The van der Waals surface area contributed by atoms with Crippen LogP contribution in [0.3, 0.4) is 0 Å². The van der Waals surface area contributed by atoms with Crippen LogP contribution >= 0.6 is 11.8 Å². The number of benzene rings is 3. The minimum absolute atomic E-state index is 0.100. The van der Waals surface area contributed by atoms with Crippen LogP contribution in [-0.2, 0) is 17.6 Å². The van der Waals surface area contributed by atoms with Crippen LogP contribution < -0.4 is 9.64 Å². The number of hydrogen-bond acceptors (Lipinski definition) is 6. The van der Waals surface area contributed by atoms with Gasteiger partial charge in [-0.05, 0) is 96.7 Å². The van der Waals surface area contributed by atoms with Crippen LogP contribution in [0.2, 0.25) is 0 Å². The topological polar surface area (TPSA) is 58.4 Å². The average molecular weight is 568 g/mol. The smallest absolute Gasteiger partial charge is 0.188 e. The van der Waals surface area contributed by atoms with Crippen LogP contribution in [0, 0.1) is 29.0 Å². The fourth-order valence-electron chi connectivity index (χ4n) is 7.72. The van der Waals surface area contributed by atoms with Gasteiger partial charge in [0.15, 0.2) is 12.6 Å². The number of rotatable bonds is 8. The Balaban J connectivity index is 1.50. The number of nitrogens with zero attached hydrogens (tertiary/aromatic N) is 3. The van der Waals surface area contributed by atoms with Crippen LogP contribution in [0.5, 0.6) is 5.75 Å². The van der Waals surface area contributed by atoms with E-state index in [1.165, 1.54) is 30.5 Å². The fraction of sp³-hybridized carbons (Fsp3) is 0.412. The van der Waals surface area contributed by atoms with Crippen molar-refractivity contribution in [3.63, 3.8) is 0 Å². The molecule has 4 aromatic rings. The van der Waals surface area contributed by atoms with Crippen molar-refractivity contribution in [2.24, 2.45) is 11.8 Å². The monoisotopic (exact) mass is 567 g/mol. The van der Waals surface area contributed by atoms with Gasteiger partial charge in [0.05, 0.1) is 11.8 Å². The summed E-state index contributed by atoms with van der Waals surface area (Å²) in [5.41, 5.74) is 4.99. The average Bonchev–Trinajstić information content (AvgIpc) is 3.65. The molecule has 1 aliphatic heterocycles. The number of halogens is 1. The Bertz CT molecular complexity index is 1690. The van der Waals surface area contributed by atoms with Crippen LogP contribution in [0.1, 0.15) is 43.2 Å². The van der Waals surface area contributed by atoms with Crippen molar-refractivity contribution in [3.8, 4) is 22.9 Å². The van der Waals surface area contributed by atoms with Gasteiger partial charge < -0.3 is 14.4 Å². The van der Waals surface area contributed by atoms with Gasteiger partial charge in [-0.15, -0.1) is 11.8 Å². The number of fused-ring (bicyclic) bond motifs is 5. The lowest BCUT2D eigenvalue weighted by Crippen LogP contribution is -2.51. The van der Waals surface area contributed by atoms with E-state index in [1.807, 2.05) is 42.7 Å². The molecular weight excluding hydrogens is 533 g/mol. The van der Waals surface area contributed by atoms with Crippen molar-refractivity contribution < 1.29 is 13.9 Å². The Hall–Kier alpha value is -3.34. The first kappa shape index (κ1) is 26.6. The number of aryl methyl sites for hydroxylation is 1. The van der Waals surface area contributed by atoms with E-state index >= 15 is 4.39 Å². The molecule has 5 nitrogen and oxygen atoms in total. The third-order valence-electron chi connectivity index (χ3n) is 9.43. The van der Waals surface area contributed by atoms with Gasteiger partial charge in [0.2, 0.25) is 0 Å². The molecule has 3 saturated carbocycles. The standard InChI is InChI=1S/C34H34FN3O2S/c1-39-19-40-24-16-20-7-3-4-9-25(20)27(18-24)29-21(8-5-13-36)17-28-31(30(29)35)37-34(41-2)26-10-6-14-38(33(26)28)32-22-11-12-23(32)15-22/h3-4,7,9,16-18,22-23,32H,5-6,8,10-12,14-15,19H2,1-2H3. The quantitative estimate of drug-likeness (QED) is 0.159. The van der Waals surface area contributed by atoms with Gasteiger partial charge in [-0.1, -0.05) is 24.3 Å². The molecule has 2 heterocycles. The molecule has 1 aromatic heterocycles. The van der Waals surface area contributed by atoms with Crippen LogP contribution in [0.25, 0.3) is 32.8 Å². The Morgan fingerprint density at radius 3 is 2.73 bits per heavy atom. The largest absolute Gasteiger partial charge is 0.468 e. The minimum atomic E-state index is -0.315. The number of pyridine rings is 1. The zero-order valence-corrected chi connectivity index (χ0v) is 24.4. The normalized spacial score (nSPS) is 21.1. The van der Waals surface area contributed by atoms with Gasteiger partial charge >= 0.3 is 0 Å². The molecule has 0 spiro atoms.